The standard InChI is InChI=1S/C15H24OS/c1-3-4-5-6-7-8-9-10-15(16)14-11-12-17-13(14)2/h11-12H,3-10H2,1-2H3. The molecule has 1 aromatic rings. The number of Topliss-reactive ketones (excluding diaryl/α,β-unsaturated/α-hetero) is 1. The van der Waals surface area contributed by atoms with Crippen molar-refractivity contribution in [1.82, 2.24) is 0 Å². The Bertz CT molecular complexity index is 327. The van der Waals surface area contributed by atoms with Gasteiger partial charge in [0.15, 0.2) is 5.78 Å². The Morgan fingerprint density at radius 2 is 1.76 bits per heavy atom. The van der Waals surface area contributed by atoms with E-state index < -0.39 is 0 Å². The van der Waals surface area contributed by atoms with E-state index in [4.69, 9.17) is 0 Å². The quantitative estimate of drug-likeness (QED) is 0.426. The Hall–Kier alpha value is -0.630. The van der Waals surface area contributed by atoms with Gasteiger partial charge in [0.1, 0.15) is 0 Å². The van der Waals surface area contributed by atoms with E-state index in [1.165, 1.54) is 38.5 Å². The molecule has 0 N–H and O–H groups in total. The van der Waals surface area contributed by atoms with Gasteiger partial charge in [-0.15, -0.1) is 11.3 Å². The molecule has 0 aliphatic rings. The summed E-state index contributed by atoms with van der Waals surface area (Å²) in [6.07, 6.45) is 9.62. The maximum absolute atomic E-state index is 11.9. The van der Waals surface area contributed by atoms with Crippen LogP contribution in [0.2, 0.25) is 0 Å². The topological polar surface area (TPSA) is 17.1 Å². The van der Waals surface area contributed by atoms with Crippen LogP contribution in [0.25, 0.3) is 0 Å². The molecule has 17 heavy (non-hydrogen) atoms. The monoisotopic (exact) mass is 252 g/mol. The van der Waals surface area contributed by atoms with Gasteiger partial charge in [-0.05, 0) is 24.8 Å². The minimum atomic E-state index is 0.331. The molecule has 0 spiro atoms. The molecule has 0 aromatic carbocycles. The Morgan fingerprint density at radius 1 is 1.12 bits per heavy atom. The van der Waals surface area contributed by atoms with Crippen LogP contribution in [0.4, 0.5) is 0 Å². The van der Waals surface area contributed by atoms with Crippen molar-refractivity contribution >= 4 is 17.1 Å². The van der Waals surface area contributed by atoms with E-state index in [0.29, 0.717) is 5.78 Å². The average molecular weight is 252 g/mol. The molecule has 1 aromatic heterocycles. The number of unbranched alkanes of at least 4 members (excludes halogenated alkanes) is 6. The van der Waals surface area contributed by atoms with Crippen LogP contribution >= 0.6 is 11.3 Å². The number of aryl methyl sites for hydroxylation is 1. The maximum atomic E-state index is 11.9. The summed E-state index contributed by atoms with van der Waals surface area (Å²) in [6, 6.07) is 1.96. The third kappa shape index (κ3) is 5.49. The summed E-state index contributed by atoms with van der Waals surface area (Å²) in [7, 11) is 0. The van der Waals surface area contributed by atoms with Crippen molar-refractivity contribution < 1.29 is 4.79 Å². The Kier molecular flexibility index (Phi) is 7.18. The van der Waals surface area contributed by atoms with Crippen LogP contribution in [-0.4, -0.2) is 5.78 Å². The molecular weight excluding hydrogens is 228 g/mol. The molecule has 2 heteroatoms. The van der Waals surface area contributed by atoms with Crippen LogP contribution in [0, 0.1) is 6.92 Å². The minimum Gasteiger partial charge on any atom is -0.294 e. The normalized spacial score (nSPS) is 10.7. The maximum Gasteiger partial charge on any atom is 0.163 e. The van der Waals surface area contributed by atoms with Crippen LogP contribution in [0.5, 0.6) is 0 Å². The third-order valence-corrected chi connectivity index (χ3v) is 4.01. The summed E-state index contributed by atoms with van der Waals surface area (Å²) in [5, 5.41) is 2.01. The molecule has 0 aliphatic carbocycles. The number of ketones is 1. The zero-order valence-electron chi connectivity index (χ0n) is 11.1. The van der Waals surface area contributed by atoms with Crippen LogP contribution < -0.4 is 0 Å². The second-order valence-electron chi connectivity index (χ2n) is 4.68. The summed E-state index contributed by atoms with van der Waals surface area (Å²) in [5.41, 5.74) is 0.945. The van der Waals surface area contributed by atoms with Gasteiger partial charge in [0, 0.05) is 16.9 Å². The summed E-state index contributed by atoms with van der Waals surface area (Å²) in [4.78, 5) is 13.0. The van der Waals surface area contributed by atoms with Crippen LogP contribution in [0.15, 0.2) is 11.4 Å². The van der Waals surface area contributed by atoms with Crippen molar-refractivity contribution in [1.29, 1.82) is 0 Å². The molecule has 1 rings (SSSR count). The molecule has 0 fully saturated rings. The minimum absolute atomic E-state index is 0.331. The molecule has 0 unspecified atom stereocenters. The van der Waals surface area contributed by atoms with Crippen LogP contribution in [0.3, 0.4) is 0 Å². The summed E-state index contributed by atoms with van der Waals surface area (Å²) >= 11 is 1.66. The highest BCUT2D eigenvalue weighted by Crippen LogP contribution is 2.18. The average Bonchev–Trinajstić information content (AvgIpc) is 2.74. The number of thiophene rings is 1. The zero-order chi connectivity index (χ0) is 12.5. The number of carbonyl (C=O) groups excluding carboxylic acids is 1. The predicted molar refractivity (Wildman–Crippen MR) is 76.0 cm³/mol. The third-order valence-electron chi connectivity index (χ3n) is 3.17. The number of hydrogen-bond donors (Lipinski definition) is 0. The number of carbonyl (C=O) groups is 1. The Labute approximate surface area is 109 Å². The summed E-state index contributed by atoms with van der Waals surface area (Å²) in [6.45, 7) is 4.27. The lowest BCUT2D eigenvalue weighted by molar-refractivity contribution is 0.0979. The first-order valence-corrected chi connectivity index (χ1v) is 7.71. The number of rotatable bonds is 9. The van der Waals surface area contributed by atoms with Gasteiger partial charge in [0.2, 0.25) is 0 Å². The lowest BCUT2D eigenvalue weighted by Crippen LogP contribution is -1.98. The lowest BCUT2D eigenvalue weighted by atomic mass is 10.0. The Balaban J connectivity index is 2.07. The van der Waals surface area contributed by atoms with Gasteiger partial charge in [-0.3, -0.25) is 4.79 Å². The van der Waals surface area contributed by atoms with Crippen molar-refractivity contribution in [3.05, 3.63) is 21.9 Å². The van der Waals surface area contributed by atoms with Crippen molar-refractivity contribution in [3.63, 3.8) is 0 Å². The van der Waals surface area contributed by atoms with Gasteiger partial charge in [0.05, 0.1) is 0 Å². The lowest BCUT2D eigenvalue weighted by Gasteiger charge is -2.01. The fourth-order valence-corrected chi connectivity index (χ4v) is 2.77. The fourth-order valence-electron chi connectivity index (χ4n) is 2.05. The molecule has 1 heterocycles. The summed E-state index contributed by atoms with van der Waals surface area (Å²) in [5.74, 6) is 0.331. The van der Waals surface area contributed by atoms with Gasteiger partial charge in [-0.2, -0.15) is 0 Å². The van der Waals surface area contributed by atoms with E-state index in [2.05, 4.69) is 6.92 Å². The Morgan fingerprint density at radius 3 is 2.35 bits per heavy atom. The highest BCUT2D eigenvalue weighted by Gasteiger charge is 2.08. The van der Waals surface area contributed by atoms with Crippen molar-refractivity contribution in [2.45, 2.75) is 65.2 Å². The van der Waals surface area contributed by atoms with E-state index in [-0.39, 0.29) is 0 Å². The zero-order valence-corrected chi connectivity index (χ0v) is 11.9. The molecular formula is C15H24OS. The first-order valence-electron chi connectivity index (χ1n) is 6.83. The van der Waals surface area contributed by atoms with Crippen molar-refractivity contribution in [3.8, 4) is 0 Å². The van der Waals surface area contributed by atoms with Gasteiger partial charge in [-0.25, -0.2) is 0 Å². The van der Waals surface area contributed by atoms with E-state index >= 15 is 0 Å². The van der Waals surface area contributed by atoms with E-state index in [1.807, 2.05) is 18.4 Å². The molecule has 0 radical (unpaired) electrons. The molecule has 0 aliphatic heterocycles. The van der Waals surface area contributed by atoms with Gasteiger partial charge >= 0.3 is 0 Å². The predicted octanol–water partition coefficient (Wildman–Crippen LogP) is 5.38. The molecule has 0 bridgehead atoms. The van der Waals surface area contributed by atoms with Gasteiger partial charge in [0.25, 0.3) is 0 Å². The second kappa shape index (κ2) is 8.46. The highest BCUT2D eigenvalue weighted by molar-refractivity contribution is 7.10. The molecule has 0 saturated carbocycles. The molecule has 1 nitrogen and oxygen atoms in total. The van der Waals surface area contributed by atoms with Crippen molar-refractivity contribution in [2.75, 3.05) is 0 Å². The van der Waals surface area contributed by atoms with Crippen molar-refractivity contribution in [2.24, 2.45) is 0 Å². The molecule has 96 valence electrons. The summed E-state index contributed by atoms with van der Waals surface area (Å²) < 4.78 is 0. The van der Waals surface area contributed by atoms with E-state index in [9.17, 15) is 4.79 Å². The van der Waals surface area contributed by atoms with E-state index in [0.717, 1.165) is 23.3 Å². The van der Waals surface area contributed by atoms with E-state index in [1.54, 1.807) is 11.3 Å². The fraction of sp³-hybridized carbons (Fsp3) is 0.667. The smallest absolute Gasteiger partial charge is 0.163 e. The second-order valence-corrected chi connectivity index (χ2v) is 5.81. The first-order chi connectivity index (χ1) is 8.25. The SMILES string of the molecule is CCCCCCCCCC(=O)c1ccsc1C. The van der Waals surface area contributed by atoms with Crippen LogP contribution in [0.1, 0.15) is 73.5 Å². The van der Waals surface area contributed by atoms with Gasteiger partial charge in [-0.1, -0.05) is 45.4 Å². The highest BCUT2D eigenvalue weighted by atomic mass is 32.1. The van der Waals surface area contributed by atoms with Crippen LogP contribution in [-0.2, 0) is 0 Å². The molecule has 0 saturated heterocycles. The molecule has 0 amide bonds. The first kappa shape index (κ1) is 14.4. The molecule has 0 atom stereocenters. The number of hydrogen-bond acceptors (Lipinski definition) is 2. The largest absolute Gasteiger partial charge is 0.294 e. The van der Waals surface area contributed by atoms with Gasteiger partial charge < -0.3 is 0 Å².